The van der Waals surface area contributed by atoms with E-state index < -0.39 is 18.5 Å². The number of anilines is 1. The van der Waals surface area contributed by atoms with E-state index in [-0.39, 0.29) is 16.9 Å². The molecule has 7 nitrogen and oxygen atoms in total. The van der Waals surface area contributed by atoms with Gasteiger partial charge in [-0.05, 0) is 6.07 Å². The van der Waals surface area contributed by atoms with Crippen molar-refractivity contribution in [2.75, 3.05) is 26.1 Å². The van der Waals surface area contributed by atoms with E-state index in [2.05, 4.69) is 5.32 Å². The highest BCUT2D eigenvalue weighted by atomic mass is 16.5. The second-order valence-corrected chi connectivity index (χ2v) is 6.47. The quantitative estimate of drug-likeness (QED) is 0.442. The first kappa shape index (κ1) is 21.6. The summed E-state index contributed by atoms with van der Waals surface area (Å²) in [5, 5.41) is 2.62. The molecule has 0 saturated heterocycles. The summed E-state index contributed by atoms with van der Waals surface area (Å²) in [4.78, 5) is 37.6. The van der Waals surface area contributed by atoms with Crippen molar-refractivity contribution in [2.45, 2.75) is 0 Å². The molecule has 7 heteroatoms. The van der Waals surface area contributed by atoms with Crippen LogP contribution < -0.4 is 14.8 Å². The maximum absolute atomic E-state index is 12.8. The Labute approximate surface area is 179 Å². The number of carbonyl (C=O) groups excluding carboxylic acids is 3. The van der Waals surface area contributed by atoms with Crippen molar-refractivity contribution in [3.8, 4) is 11.5 Å². The van der Waals surface area contributed by atoms with Gasteiger partial charge < -0.3 is 19.5 Å². The molecule has 0 saturated carbocycles. The van der Waals surface area contributed by atoms with Crippen LogP contribution >= 0.6 is 0 Å². The van der Waals surface area contributed by atoms with Gasteiger partial charge in [0.2, 0.25) is 0 Å². The number of hydrogen-bond donors (Lipinski definition) is 1. The van der Waals surface area contributed by atoms with Gasteiger partial charge in [-0.2, -0.15) is 0 Å². The van der Waals surface area contributed by atoms with Gasteiger partial charge in [-0.1, -0.05) is 48.5 Å². The average Bonchev–Trinajstić information content (AvgIpc) is 2.82. The van der Waals surface area contributed by atoms with Crippen LogP contribution in [0, 0.1) is 0 Å². The van der Waals surface area contributed by atoms with Gasteiger partial charge in [0.15, 0.2) is 12.4 Å². The van der Waals surface area contributed by atoms with Crippen molar-refractivity contribution in [2.24, 2.45) is 0 Å². The number of amides is 1. The molecular formula is C24H21NO6. The van der Waals surface area contributed by atoms with Gasteiger partial charge in [-0.3, -0.25) is 9.59 Å². The first-order valence-corrected chi connectivity index (χ1v) is 9.40. The Morgan fingerprint density at radius 1 is 0.774 bits per heavy atom. The minimum atomic E-state index is -0.766. The summed E-state index contributed by atoms with van der Waals surface area (Å²) in [5.41, 5.74) is 1.17. The van der Waals surface area contributed by atoms with Gasteiger partial charge in [-0.15, -0.1) is 0 Å². The third-order valence-electron chi connectivity index (χ3n) is 4.40. The minimum absolute atomic E-state index is 0.0900. The van der Waals surface area contributed by atoms with Crippen molar-refractivity contribution in [1.82, 2.24) is 0 Å². The summed E-state index contributed by atoms with van der Waals surface area (Å²) >= 11 is 0. The van der Waals surface area contributed by atoms with Gasteiger partial charge in [0.25, 0.3) is 5.91 Å². The molecule has 0 bridgehead atoms. The van der Waals surface area contributed by atoms with Gasteiger partial charge >= 0.3 is 5.97 Å². The molecule has 0 spiro atoms. The fourth-order valence-electron chi connectivity index (χ4n) is 2.89. The van der Waals surface area contributed by atoms with Crippen LogP contribution in [0.25, 0.3) is 0 Å². The molecule has 0 aliphatic rings. The Morgan fingerprint density at radius 3 is 1.97 bits per heavy atom. The summed E-state index contributed by atoms with van der Waals surface area (Å²) in [7, 11) is 2.99. The highest BCUT2D eigenvalue weighted by Gasteiger charge is 2.20. The van der Waals surface area contributed by atoms with Crippen LogP contribution in [0.4, 0.5) is 5.69 Å². The van der Waals surface area contributed by atoms with Gasteiger partial charge in [-0.25, -0.2) is 4.79 Å². The molecule has 0 aliphatic carbocycles. The molecule has 0 aromatic heterocycles. The average molecular weight is 419 g/mol. The maximum Gasteiger partial charge on any atom is 0.339 e. The molecule has 31 heavy (non-hydrogen) atoms. The summed E-state index contributed by atoms with van der Waals surface area (Å²) in [6.45, 7) is -0.522. The van der Waals surface area contributed by atoms with Gasteiger partial charge in [0.1, 0.15) is 11.5 Å². The number of hydrogen-bond acceptors (Lipinski definition) is 6. The van der Waals surface area contributed by atoms with Crippen molar-refractivity contribution >= 4 is 23.3 Å². The van der Waals surface area contributed by atoms with Crippen LogP contribution in [0.2, 0.25) is 0 Å². The van der Waals surface area contributed by atoms with E-state index in [9.17, 15) is 14.4 Å². The largest absolute Gasteiger partial charge is 0.497 e. The molecule has 0 heterocycles. The molecule has 0 atom stereocenters. The molecule has 3 rings (SSSR count). The fraction of sp³-hybridized carbons (Fsp3) is 0.125. The number of rotatable bonds is 8. The number of ketones is 1. The third-order valence-corrected chi connectivity index (χ3v) is 4.40. The van der Waals surface area contributed by atoms with Crippen LogP contribution in [-0.4, -0.2) is 38.5 Å². The van der Waals surface area contributed by atoms with E-state index in [4.69, 9.17) is 14.2 Å². The number of benzene rings is 3. The zero-order valence-electron chi connectivity index (χ0n) is 17.1. The summed E-state index contributed by atoms with van der Waals surface area (Å²) in [5.74, 6) is -0.616. The lowest BCUT2D eigenvalue weighted by molar-refractivity contribution is -0.119. The number of nitrogens with one attached hydrogen (secondary N) is 1. The molecule has 158 valence electrons. The molecule has 3 aromatic carbocycles. The molecule has 0 fully saturated rings. The molecular weight excluding hydrogens is 398 g/mol. The number of methoxy groups -OCH3 is 2. The number of esters is 1. The number of carbonyl (C=O) groups is 3. The van der Waals surface area contributed by atoms with Crippen molar-refractivity contribution in [3.05, 3.63) is 89.5 Å². The van der Waals surface area contributed by atoms with Crippen LogP contribution in [0.15, 0.2) is 72.8 Å². The van der Waals surface area contributed by atoms with Gasteiger partial charge in [0.05, 0.1) is 19.8 Å². The lowest BCUT2D eigenvalue weighted by Gasteiger charge is -2.11. The van der Waals surface area contributed by atoms with E-state index in [1.807, 2.05) is 0 Å². The van der Waals surface area contributed by atoms with E-state index >= 15 is 0 Å². The zero-order valence-corrected chi connectivity index (χ0v) is 17.1. The minimum Gasteiger partial charge on any atom is -0.497 e. The topological polar surface area (TPSA) is 90.9 Å². The fourth-order valence-corrected chi connectivity index (χ4v) is 2.89. The molecule has 0 aliphatic heterocycles. The Morgan fingerprint density at radius 2 is 1.35 bits per heavy atom. The van der Waals surface area contributed by atoms with Crippen LogP contribution in [0.3, 0.4) is 0 Å². The predicted octanol–water partition coefficient (Wildman–Crippen LogP) is 3.73. The second-order valence-electron chi connectivity index (χ2n) is 6.47. The first-order chi connectivity index (χ1) is 15.0. The van der Waals surface area contributed by atoms with Gasteiger partial charge in [0, 0.05) is 35.0 Å². The Balaban J connectivity index is 1.68. The lowest BCUT2D eigenvalue weighted by atomic mass is 9.98. The van der Waals surface area contributed by atoms with Crippen molar-refractivity contribution in [3.63, 3.8) is 0 Å². The van der Waals surface area contributed by atoms with Crippen molar-refractivity contribution in [1.29, 1.82) is 0 Å². The van der Waals surface area contributed by atoms with Crippen LogP contribution in [0.5, 0.6) is 11.5 Å². The van der Waals surface area contributed by atoms with Crippen LogP contribution in [-0.2, 0) is 9.53 Å². The zero-order chi connectivity index (χ0) is 22.2. The number of ether oxygens (including phenoxy) is 3. The normalized spacial score (nSPS) is 10.1. The van der Waals surface area contributed by atoms with Crippen LogP contribution in [0.1, 0.15) is 26.3 Å². The highest BCUT2D eigenvalue weighted by molar-refractivity contribution is 6.14. The standard InChI is InChI=1S/C24H21NO6/c1-29-18-12-17(13-19(14-18)30-2)25-22(26)15-31-24(28)21-11-7-6-10-20(21)23(27)16-8-4-3-5-9-16/h3-14H,15H2,1-2H3,(H,25,26). The SMILES string of the molecule is COc1cc(NC(=O)COC(=O)c2ccccc2C(=O)c2ccccc2)cc(OC)c1. The summed E-state index contributed by atoms with van der Waals surface area (Å²) < 4.78 is 15.5. The first-order valence-electron chi connectivity index (χ1n) is 9.40. The maximum atomic E-state index is 12.8. The Bertz CT molecular complexity index is 1070. The molecule has 0 radical (unpaired) electrons. The van der Waals surface area contributed by atoms with E-state index in [0.717, 1.165) is 0 Å². The molecule has 0 unspecified atom stereocenters. The lowest BCUT2D eigenvalue weighted by Crippen LogP contribution is -2.22. The smallest absolute Gasteiger partial charge is 0.339 e. The predicted molar refractivity (Wildman–Crippen MR) is 115 cm³/mol. The highest BCUT2D eigenvalue weighted by Crippen LogP contribution is 2.25. The molecule has 3 aromatic rings. The van der Waals surface area contributed by atoms with E-state index in [1.165, 1.54) is 20.3 Å². The van der Waals surface area contributed by atoms with E-state index in [1.54, 1.807) is 66.7 Å². The Hall–Kier alpha value is -4.13. The molecule has 1 N–H and O–H groups in total. The van der Waals surface area contributed by atoms with Crippen molar-refractivity contribution < 1.29 is 28.6 Å². The molecule has 1 amide bonds. The summed E-state index contributed by atoms with van der Waals surface area (Å²) in [6.07, 6.45) is 0. The third kappa shape index (κ3) is 5.48. The Kier molecular flexibility index (Phi) is 7.01. The monoisotopic (exact) mass is 419 g/mol. The second kappa shape index (κ2) is 10.1. The van der Waals surface area contributed by atoms with E-state index in [0.29, 0.717) is 22.7 Å². The summed E-state index contributed by atoms with van der Waals surface area (Å²) in [6, 6.07) is 19.8.